The molecular formula is C24H21ClN3O4P. The van der Waals surface area contributed by atoms with Crippen LogP contribution in [-0.4, -0.2) is 23.9 Å². The Morgan fingerprint density at radius 2 is 1.67 bits per heavy atom. The standard InChI is InChI=1S/C24H21ClN3O4P/c1-32-33(31,17-10-6-3-7-11-17)22-18-14-16(25)12-13-19(18)27-21(22)24(30)28-20(23(26)29)15-8-4-2-5-9-15/h2-14,20,27H,1H3,(H2,26,29)(H,28,30)/t20-,33-/m0/s1. The number of fused-ring (bicyclic) bond motifs is 1. The third-order valence-electron chi connectivity index (χ3n) is 5.30. The first-order valence-electron chi connectivity index (χ1n) is 10.0. The molecule has 4 rings (SSSR count). The zero-order valence-corrected chi connectivity index (χ0v) is 19.3. The van der Waals surface area contributed by atoms with Crippen LogP contribution in [0.2, 0.25) is 5.02 Å². The average Bonchev–Trinajstić information content (AvgIpc) is 3.22. The van der Waals surface area contributed by atoms with Crippen molar-refractivity contribution in [3.8, 4) is 0 Å². The van der Waals surface area contributed by atoms with Crippen LogP contribution in [0.1, 0.15) is 22.1 Å². The molecule has 33 heavy (non-hydrogen) atoms. The fraction of sp³-hybridized carbons (Fsp3) is 0.0833. The monoisotopic (exact) mass is 481 g/mol. The van der Waals surface area contributed by atoms with Crippen molar-refractivity contribution in [2.45, 2.75) is 6.04 Å². The number of hydrogen-bond acceptors (Lipinski definition) is 4. The van der Waals surface area contributed by atoms with E-state index in [1.54, 1.807) is 78.9 Å². The predicted molar refractivity (Wildman–Crippen MR) is 129 cm³/mol. The van der Waals surface area contributed by atoms with Gasteiger partial charge >= 0.3 is 0 Å². The van der Waals surface area contributed by atoms with Gasteiger partial charge in [0, 0.05) is 28.3 Å². The lowest BCUT2D eigenvalue weighted by molar-refractivity contribution is -0.120. The topological polar surface area (TPSA) is 114 Å². The molecule has 4 aromatic rings. The van der Waals surface area contributed by atoms with Gasteiger partial charge in [-0.3, -0.25) is 14.2 Å². The van der Waals surface area contributed by atoms with Crippen molar-refractivity contribution in [3.05, 3.63) is 95.1 Å². The quantitative estimate of drug-likeness (QED) is 0.349. The van der Waals surface area contributed by atoms with Crippen molar-refractivity contribution in [3.63, 3.8) is 0 Å². The lowest BCUT2D eigenvalue weighted by Crippen LogP contribution is -2.39. The van der Waals surface area contributed by atoms with Crippen LogP contribution >= 0.6 is 19.0 Å². The number of benzene rings is 3. The molecule has 168 valence electrons. The third kappa shape index (κ3) is 4.31. The highest BCUT2D eigenvalue weighted by Crippen LogP contribution is 2.47. The Balaban J connectivity index is 1.89. The minimum atomic E-state index is -3.72. The van der Waals surface area contributed by atoms with E-state index in [1.807, 2.05) is 0 Å². The van der Waals surface area contributed by atoms with Crippen LogP contribution in [0.25, 0.3) is 10.9 Å². The van der Waals surface area contributed by atoms with Gasteiger partial charge in [-0.25, -0.2) is 0 Å². The number of halogens is 1. The van der Waals surface area contributed by atoms with Gasteiger partial charge in [-0.15, -0.1) is 0 Å². The van der Waals surface area contributed by atoms with Gasteiger partial charge in [-0.2, -0.15) is 0 Å². The van der Waals surface area contributed by atoms with Crippen LogP contribution in [0.15, 0.2) is 78.9 Å². The summed E-state index contributed by atoms with van der Waals surface area (Å²) >= 11 is 6.22. The summed E-state index contributed by atoms with van der Waals surface area (Å²) in [7, 11) is -2.39. The van der Waals surface area contributed by atoms with E-state index in [0.717, 1.165) is 0 Å². The molecule has 2 atom stereocenters. The van der Waals surface area contributed by atoms with Crippen molar-refractivity contribution >= 4 is 52.3 Å². The largest absolute Gasteiger partial charge is 0.368 e. The molecule has 0 fully saturated rings. The van der Waals surface area contributed by atoms with Gasteiger partial charge in [0.15, 0.2) is 0 Å². The van der Waals surface area contributed by atoms with Gasteiger partial charge in [-0.1, -0.05) is 60.1 Å². The zero-order valence-electron chi connectivity index (χ0n) is 17.6. The second-order valence-corrected chi connectivity index (χ2v) is 10.2. The van der Waals surface area contributed by atoms with E-state index in [0.29, 0.717) is 26.8 Å². The molecule has 0 aliphatic rings. The number of hydrogen-bond donors (Lipinski definition) is 3. The number of carbonyl (C=O) groups is 2. The Kier molecular flexibility index (Phi) is 6.38. The molecule has 0 bridgehead atoms. The van der Waals surface area contributed by atoms with E-state index in [1.165, 1.54) is 7.11 Å². The first-order chi connectivity index (χ1) is 15.8. The number of rotatable bonds is 7. The number of aromatic amines is 1. The van der Waals surface area contributed by atoms with Crippen LogP contribution < -0.4 is 21.7 Å². The van der Waals surface area contributed by atoms with Crippen molar-refractivity contribution in [1.82, 2.24) is 10.3 Å². The normalized spacial score (nSPS) is 13.9. The Morgan fingerprint density at radius 1 is 1.03 bits per heavy atom. The van der Waals surface area contributed by atoms with Gasteiger partial charge in [0.05, 0.1) is 5.30 Å². The zero-order chi connectivity index (χ0) is 23.6. The van der Waals surface area contributed by atoms with Crippen LogP contribution in [0.5, 0.6) is 0 Å². The van der Waals surface area contributed by atoms with E-state index in [9.17, 15) is 14.2 Å². The molecule has 0 aliphatic carbocycles. The van der Waals surface area contributed by atoms with E-state index >= 15 is 0 Å². The summed E-state index contributed by atoms with van der Waals surface area (Å²) in [6, 6.07) is 21.1. The van der Waals surface area contributed by atoms with Crippen LogP contribution in [0.4, 0.5) is 0 Å². The summed E-state index contributed by atoms with van der Waals surface area (Å²) in [6.45, 7) is 0. The molecule has 2 amide bonds. The SMILES string of the molecule is CO[P@@](=O)(c1ccccc1)c1c(C(=O)N[C@H](C(N)=O)c2ccccc2)[nH]c2ccc(Cl)cc12. The number of primary amides is 1. The van der Waals surface area contributed by atoms with Crippen LogP contribution in [0.3, 0.4) is 0 Å². The first-order valence-corrected chi connectivity index (χ1v) is 12.0. The molecule has 0 unspecified atom stereocenters. The molecule has 3 aromatic carbocycles. The lowest BCUT2D eigenvalue weighted by atomic mass is 10.1. The van der Waals surface area contributed by atoms with Crippen molar-refractivity contribution in [1.29, 1.82) is 0 Å². The molecule has 0 saturated carbocycles. The number of aromatic nitrogens is 1. The Hall–Kier alpha value is -3.38. The van der Waals surface area contributed by atoms with E-state index in [4.69, 9.17) is 21.9 Å². The summed E-state index contributed by atoms with van der Waals surface area (Å²) < 4.78 is 19.8. The molecule has 4 N–H and O–H groups in total. The maximum absolute atomic E-state index is 14.2. The molecule has 1 aromatic heterocycles. The summed E-state index contributed by atoms with van der Waals surface area (Å²) in [5.74, 6) is -1.38. The Bertz CT molecular complexity index is 1370. The molecule has 0 radical (unpaired) electrons. The molecule has 0 aliphatic heterocycles. The van der Waals surface area contributed by atoms with E-state index < -0.39 is 25.2 Å². The van der Waals surface area contributed by atoms with Crippen LogP contribution in [0, 0.1) is 0 Å². The second-order valence-electron chi connectivity index (χ2n) is 7.33. The smallest absolute Gasteiger partial charge is 0.269 e. The van der Waals surface area contributed by atoms with E-state index in [-0.39, 0.29) is 11.0 Å². The predicted octanol–water partition coefficient (Wildman–Crippen LogP) is 3.65. The molecule has 9 heteroatoms. The highest BCUT2D eigenvalue weighted by atomic mass is 35.5. The number of amides is 2. The lowest BCUT2D eigenvalue weighted by Gasteiger charge is -2.20. The van der Waals surface area contributed by atoms with Crippen molar-refractivity contribution in [2.24, 2.45) is 5.73 Å². The molecule has 1 heterocycles. The van der Waals surface area contributed by atoms with Gasteiger partial charge in [0.1, 0.15) is 11.7 Å². The maximum atomic E-state index is 14.2. The van der Waals surface area contributed by atoms with Crippen molar-refractivity contribution in [2.75, 3.05) is 7.11 Å². The molecular weight excluding hydrogens is 461 g/mol. The van der Waals surface area contributed by atoms with Gasteiger partial charge in [0.2, 0.25) is 5.91 Å². The summed E-state index contributed by atoms with van der Waals surface area (Å²) in [5, 5.41) is 4.13. The molecule has 7 nitrogen and oxygen atoms in total. The highest BCUT2D eigenvalue weighted by molar-refractivity contribution is 7.75. The second kappa shape index (κ2) is 9.24. The summed E-state index contributed by atoms with van der Waals surface area (Å²) in [6.07, 6.45) is 0. The minimum Gasteiger partial charge on any atom is -0.368 e. The fourth-order valence-electron chi connectivity index (χ4n) is 3.74. The number of nitrogens with one attached hydrogen (secondary N) is 2. The van der Waals surface area contributed by atoms with Gasteiger partial charge in [0.25, 0.3) is 13.3 Å². The Morgan fingerprint density at radius 3 is 2.27 bits per heavy atom. The number of H-pyrrole nitrogens is 1. The van der Waals surface area contributed by atoms with Crippen LogP contribution in [-0.2, 0) is 13.9 Å². The van der Waals surface area contributed by atoms with Gasteiger partial charge < -0.3 is 20.6 Å². The Labute approximate surface area is 195 Å². The highest BCUT2D eigenvalue weighted by Gasteiger charge is 2.36. The average molecular weight is 482 g/mol. The molecule has 0 spiro atoms. The maximum Gasteiger partial charge on any atom is 0.269 e. The third-order valence-corrected chi connectivity index (χ3v) is 8.08. The van der Waals surface area contributed by atoms with Crippen molar-refractivity contribution < 1.29 is 18.7 Å². The first kappa shape index (κ1) is 22.8. The summed E-state index contributed by atoms with van der Waals surface area (Å²) in [4.78, 5) is 28.6. The minimum absolute atomic E-state index is 0.00323. The summed E-state index contributed by atoms with van der Waals surface area (Å²) in [5.41, 5.74) is 6.64. The van der Waals surface area contributed by atoms with Gasteiger partial charge in [-0.05, 0) is 35.9 Å². The van der Waals surface area contributed by atoms with E-state index in [2.05, 4.69) is 10.3 Å². The fourth-order valence-corrected chi connectivity index (χ4v) is 6.08. The number of nitrogens with two attached hydrogens (primary N) is 1. The number of carbonyl (C=O) groups excluding carboxylic acids is 2. The molecule has 0 saturated heterocycles.